The first-order chi connectivity index (χ1) is 8.43. The van der Waals surface area contributed by atoms with Crippen molar-refractivity contribution in [2.24, 2.45) is 0 Å². The molecule has 18 heavy (non-hydrogen) atoms. The molecule has 0 amide bonds. The minimum atomic E-state index is -3.00. The molecule has 1 saturated heterocycles. The van der Waals surface area contributed by atoms with Crippen LogP contribution >= 0.6 is 0 Å². The molecule has 0 radical (unpaired) electrons. The summed E-state index contributed by atoms with van der Waals surface area (Å²) in [4.78, 5) is 11.1. The number of isocyanates is 1. The lowest BCUT2D eigenvalue weighted by Crippen LogP contribution is -2.23. The van der Waals surface area contributed by atoms with E-state index < -0.39 is 9.84 Å². The zero-order valence-electron chi connectivity index (χ0n) is 10.5. The Morgan fingerprint density at radius 2 is 2.00 bits per heavy atom. The average molecular weight is 266 g/mol. The molecule has 4 nitrogen and oxygen atoms in total. The number of benzene rings is 1. The Morgan fingerprint density at radius 1 is 1.28 bits per heavy atom. The van der Waals surface area contributed by atoms with E-state index >= 15 is 0 Å². The van der Waals surface area contributed by atoms with Gasteiger partial charge in [0.25, 0.3) is 0 Å². The molecule has 1 atom stereocenters. The van der Waals surface area contributed by atoms with Gasteiger partial charge in [0.1, 0.15) is 5.75 Å². The molecule has 1 aliphatic rings. The van der Waals surface area contributed by atoms with Crippen molar-refractivity contribution in [3.8, 4) is 0 Å². The number of rotatable bonds is 2. The monoisotopic (exact) mass is 266 g/mol. The summed E-state index contributed by atoms with van der Waals surface area (Å²) in [6, 6.07) is 5.37. The molecule has 2 rings (SSSR count). The predicted octanol–water partition coefficient (Wildman–Crippen LogP) is 1.47. The third kappa shape index (κ3) is 2.52. The van der Waals surface area contributed by atoms with Crippen molar-refractivity contribution < 1.29 is 17.8 Å². The van der Waals surface area contributed by atoms with Crippen molar-refractivity contribution in [3.63, 3.8) is 0 Å². The van der Waals surface area contributed by atoms with Crippen LogP contribution in [-0.4, -0.2) is 36.6 Å². The van der Waals surface area contributed by atoms with Gasteiger partial charge in [-0.05, 0) is 25.0 Å². The Labute approximate surface area is 107 Å². The summed E-state index contributed by atoms with van der Waals surface area (Å²) in [6.07, 6.45) is 2.35. The molecule has 0 aromatic heterocycles. The zero-order valence-corrected chi connectivity index (χ0v) is 11.3. The lowest BCUT2D eigenvalue weighted by atomic mass is 10.1. The van der Waals surface area contributed by atoms with Gasteiger partial charge in [-0.25, -0.2) is 8.42 Å². The van der Waals surface area contributed by atoms with Crippen LogP contribution in [0.25, 0.3) is 0 Å². The van der Waals surface area contributed by atoms with Gasteiger partial charge in [-0.15, -0.1) is 4.58 Å². The molecule has 0 saturated carbocycles. The molecule has 1 heterocycles. The van der Waals surface area contributed by atoms with Gasteiger partial charge in [0, 0.05) is 18.6 Å². The Bertz CT molecular complexity index is 628. The van der Waals surface area contributed by atoms with E-state index in [0.29, 0.717) is 6.42 Å². The first-order valence-electron chi connectivity index (χ1n) is 5.87. The van der Waals surface area contributed by atoms with Crippen LogP contribution in [0.4, 0.5) is 5.69 Å². The Morgan fingerprint density at radius 3 is 2.50 bits per heavy atom. The van der Waals surface area contributed by atoms with Crippen LogP contribution in [0, 0.1) is 13.8 Å². The highest BCUT2D eigenvalue weighted by Gasteiger charge is 2.37. The smallest absolute Gasteiger partial charge is 0.229 e. The van der Waals surface area contributed by atoms with E-state index in [2.05, 4.69) is 0 Å². The summed E-state index contributed by atoms with van der Waals surface area (Å²) in [5.41, 5.74) is 2.94. The Kier molecular flexibility index (Phi) is 3.37. The third-order valence-electron chi connectivity index (χ3n) is 3.44. The molecule has 96 valence electrons. The molecule has 1 fully saturated rings. The van der Waals surface area contributed by atoms with Gasteiger partial charge in [0.15, 0.2) is 15.9 Å². The van der Waals surface area contributed by atoms with Crippen molar-refractivity contribution in [1.29, 1.82) is 0 Å². The van der Waals surface area contributed by atoms with Crippen molar-refractivity contribution in [3.05, 3.63) is 29.3 Å². The molecular weight excluding hydrogens is 250 g/mol. The lowest BCUT2D eigenvalue weighted by molar-refractivity contribution is -0.475. The minimum absolute atomic E-state index is 0.0369. The topological polar surface area (TPSA) is 54.2 Å². The van der Waals surface area contributed by atoms with Crippen molar-refractivity contribution in [1.82, 2.24) is 0 Å². The summed E-state index contributed by atoms with van der Waals surface area (Å²) in [6.45, 7) is 3.96. The molecule has 0 spiro atoms. The molecule has 1 aliphatic heterocycles. The number of hydrogen-bond donors (Lipinski definition) is 0. The van der Waals surface area contributed by atoms with Crippen molar-refractivity contribution in [2.75, 3.05) is 11.5 Å². The normalized spacial score (nSPS) is 21.6. The second kappa shape index (κ2) is 4.67. The van der Waals surface area contributed by atoms with Gasteiger partial charge in [-0.2, -0.15) is 4.79 Å². The summed E-state index contributed by atoms with van der Waals surface area (Å²) < 4.78 is 24.3. The maximum absolute atomic E-state index is 11.5. The number of carbonyl (C=O) groups excluding carboxylic acids is 1. The summed E-state index contributed by atoms with van der Waals surface area (Å²) >= 11 is 0. The predicted molar refractivity (Wildman–Crippen MR) is 68.6 cm³/mol. The van der Waals surface area contributed by atoms with Crippen molar-refractivity contribution in [2.45, 2.75) is 26.3 Å². The second-order valence-electron chi connectivity index (χ2n) is 4.79. The van der Waals surface area contributed by atoms with Crippen molar-refractivity contribution >= 4 is 21.6 Å². The van der Waals surface area contributed by atoms with Gasteiger partial charge in [0.2, 0.25) is 5.69 Å². The van der Waals surface area contributed by atoms with Gasteiger partial charge in [0.05, 0.1) is 5.75 Å². The van der Waals surface area contributed by atoms with E-state index in [9.17, 15) is 13.2 Å². The highest BCUT2D eigenvalue weighted by Crippen LogP contribution is 2.23. The van der Waals surface area contributed by atoms with Crippen LogP contribution in [0.2, 0.25) is 0 Å². The van der Waals surface area contributed by atoms with Crippen LogP contribution < -0.4 is 0 Å². The maximum Gasteiger partial charge on any atom is 0.430 e. The van der Waals surface area contributed by atoms with Gasteiger partial charge in [-0.1, -0.05) is 6.07 Å². The van der Waals surface area contributed by atoms with E-state index in [4.69, 9.17) is 0 Å². The number of aryl methyl sites for hydroxylation is 2. The summed E-state index contributed by atoms with van der Waals surface area (Å²) in [7, 11) is -3.00. The van der Waals surface area contributed by atoms with Crippen LogP contribution in [0.3, 0.4) is 0 Å². The Balaban J connectivity index is 2.36. The van der Waals surface area contributed by atoms with Crippen LogP contribution in [0.15, 0.2) is 18.2 Å². The molecule has 1 aromatic carbocycles. The Hall–Kier alpha value is -1.45. The molecule has 0 aliphatic carbocycles. The molecule has 0 N–H and O–H groups in total. The first-order valence-corrected chi connectivity index (χ1v) is 7.70. The standard InChI is InChI=1S/C13H16NO3S/c1-10-3-4-12(7-11(10)2)14(9-15)13-5-6-18(16,17)8-13/h3-4,7,13H,5-6,8H2,1-2H3/q+1. The third-order valence-corrected chi connectivity index (χ3v) is 5.19. The molecule has 5 heteroatoms. The molecule has 1 unspecified atom stereocenters. The molecule has 0 bridgehead atoms. The van der Waals surface area contributed by atoms with Gasteiger partial charge >= 0.3 is 6.08 Å². The van der Waals surface area contributed by atoms with Gasteiger partial charge < -0.3 is 0 Å². The largest absolute Gasteiger partial charge is 0.430 e. The minimum Gasteiger partial charge on any atom is -0.229 e. The first kappa shape index (κ1) is 13.0. The highest BCUT2D eigenvalue weighted by molar-refractivity contribution is 7.91. The van der Waals surface area contributed by atoms with Gasteiger partial charge in [-0.3, -0.25) is 0 Å². The molecule has 1 aromatic rings. The van der Waals surface area contributed by atoms with E-state index in [0.717, 1.165) is 16.8 Å². The maximum atomic E-state index is 11.5. The lowest BCUT2D eigenvalue weighted by Gasteiger charge is -2.05. The number of nitrogens with zero attached hydrogens (tertiary/aromatic N) is 1. The highest BCUT2D eigenvalue weighted by atomic mass is 32.2. The average Bonchev–Trinajstić information content (AvgIpc) is 2.65. The molecular formula is C13H16NO3S+. The SMILES string of the molecule is Cc1ccc([N+](=C=O)C2CCS(=O)(=O)C2)cc1C. The fourth-order valence-electron chi connectivity index (χ4n) is 2.19. The van der Waals surface area contributed by atoms with Crippen LogP contribution in [-0.2, 0) is 14.6 Å². The number of sulfone groups is 1. The number of hydrogen-bond acceptors (Lipinski definition) is 3. The zero-order chi connectivity index (χ0) is 13.3. The second-order valence-corrected chi connectivity index (χ2v) is 7.02. The summed E-state index contributed by atoms with van der Waals surface area (Å²) in [5, 5.41) is 0. The quantitative estimate of drug-likeness (QED) is 0.463. The van der Waals surface area contributed by atoms with E-state index in [1.165, 1.54) is 4.58 Å². The van der Waals surface area contributed by atoms with E-state index in [1.54, 1.807) is 0 Å². The van der Waals surface area contributed by atoms with Crippen LogP contribution in [0.5, 0.6) is 0 Å². The van der Waals surface area contributed by atoms with Crippen LogP contribution in [0.1, 0.15) is 17.5 Å². The van der Waals surface area contributed by atoms with E-state index in [1.807, 2.05) is 38.1 Å². The fourth-order valence-corrected chi connectivity index (χ4v) is 3.89. The van der Waals surface area contributed by atoms with E-state index in [-0.39, 0.29) is 17.5 Å². The fraction of sp³-hybridized carbons (Fsp3) is 0.462. The summed E-state index contributed by atoms with van der Waals surface area (Å²) in [5.74, 6) is 0.190.